The van der Waals surface area contributed by atoms with Crippen LogP contribution in [0.15, 0.2) is 0 Å². The zero-order valence-corrected chi connectivity index (χ0v) is 12.0. The van der Waals surface area contributed by atoms with Gasteiger partial charge in [-0.05, 0) is 6.42 Å². The monoisotopic (exact) mass is 301 g/mol. The van der Waals surface area contributed by atoms with Gasteiger partial charge in [0.2, 0.25) is 11.8 Å². The van der Waals surface area contributed by atoms with Crippen molar-refractivity contribution in [2.45, 2.75) is 18.9 Å². The lowest BCUT2D eigenvalue weighted by Gasteiger charge is -2.15. The maximum atomic E-state index is 11.6. The fourth-order valence-corrected chi connectivity index (χ4v) is 1.89. The Morgan fingerprint density at radius 2 is 2.10 bits per heavy atom. The Kier molecular flexibility index (Phi) is 6.10. The minimum absolute atomic E-state index is 0.0221. The van der Waals surface area contributed by atoms with Gasteiger partial charge in [-0.1, -0.05) is 0 Å². The van der Waals surface area contributed by atoms with Crippen molar-refractivity contribution in [3.05, 3.63) is 0 Å². The predicted molar refractivity (Wildman–Crippen MR) is 70.4 cm³/mol. The van der Waals surface area contributed by atoms with Crippen LogP contribution in [0, 0.1) is 0 Å². The first-order valence-corrected chi connectivity index (χ1v) is 6.43. The summed E-state index contributed by atoms with van der Waals surface area (Å²) in [4.78, 5) is 47.9. The van der Waals surface area contributed by atoms with Crippen LogP contribution in [0.2, 0.25) is 0 Å². The molecular formula is C12H19N3O6. The summed E-state index contributed by atoms with van der Waals surface area (Å²) >= 11 is 0. The highest BCUT2D eigenvalue weighted by Gasteiger charge is 2.32. The fraction of sp³-hybridized carbons (Fsp3) is 0.667. The Balaban J connectivity index is 2.35. The number of carboxylic acids is 1. The number of urea groups is 1. The van der Waals surface area contributed by atoms with Crippen LogP contribution in [0.25, 0.3) is 0 Å². The van der Waals surface area contributed by atoms with Gasteiger partial charge in [-0.25, -0.2) is 9.59 Å². The molecule has 118 valence electrons. The van der Waals surface area contributed by atoms with E-state index in [1.54, 1.807) is 0 Å². The van der Waals surface area contributed by atoms with E-state index in [9.17, 15) is 19.2 Å². The van der Waals surface area contributed by atoms with Gasteiger partial charge < -0.3 is 20.1 Å². The molecule has 1 aliphatic rings. The second kappa shape index (κ2) is 7.58. The maximum Gasteiger partial charge on any atom is 0.328 e. The van der Waals surface area contributed by atoms with Crippen molar-refractivity contribution in [2.75, 3.05) is 33.9 Å². The third kappa shape index (κ3) is 4.71. The summed E-state index contributed by atoms with van der Waals surface area (Å²) < 4.78 is 4.69. The number of amides is 4. The average Bonchev–Trinajstić information content (AvgIpc) is 2.64. The van der Waals surface area contributed by atoms with Crippen LogP contribution in [-0.4, -0.2) is 78.6 Å². The first kappa shape index (κ1) is 16.9. The molecule has 4 amide bonds. The number of ether oxygens (including phenoxy) is 1. The van der Waals surface area contributed by atoms with E-state index in [1.165, 1.54) is 19.1 Å². The molecule has 1 unspecified atom stereocenters. The fourth-order valence-electron chi connectivity index (χ4n) is 1.89. The van der Waals surface area contributed by atoms with E-state index in [0.717, 1.165) is 4.90 Å². The third-order valence-electron chi connectivity index (χ3n) is 2.98. The molecule has 1 saturated heterocycles. The number of methoxy groups -OCH3 is 1. The molecule has 1 fully saturated rings. The van der Waals surface area contributed by atoms with Crippen LogP contribution in [-0.2, 0) is 19.1 Å². The molecule has 1 heterocycles. The van der Waals surface area contributed by atoms with Gasteiger partial charge in [0.05, 0.1) is 6.61 Å². The van der Waals surface area contributed by atoms with Crippen molar-refractivity contribution < 1.29 is 29.0 Å². The molecule has 0 spiro atoms. The van der Waals surface area contributed by atoms with Gasteiger partial charge in [0.1, 0.15) is 6.54 Å². The van der Waals surface area contributed by atoms with Gasteiger partial charge in [0, 0.05) is 27.1 Å². The van der Waals surface area contributed by atoms with Crippen LogP contribution in [0.4, 0.5) is 4.79 Å². The van der Waals surface area contributed by atoms with Crippen LogP contribution in [0.3, 0.4) is 0 Å². The molecule has 0 aromatic rings. The Hall–Kier alpha value is -2.16. The van der Waals surface area contributed by atoms with Crippen molar-refractivity contribution in [3.63, 3.8) is 0 Å². The van der Waals surface area contributed by atoms with Gasteiger partial charge in [0.25, 0.3) is 0 Å². The van der Waals surface area contributed by atoms with Crippen molar-refractivity contribution in [1.29, 1.82) is 0 Å². The van der Waals surface area contributed by atoms with Gasteiger partial charge in [-0.15, -0.1) is 0 Å². The predicted octanol–water partition coefficient (Wildman–Crippen LogP) is -1.12. The minimum Gasteiger partial charge on any atom is -0.480 e. The van der Waals surface area contributed by atoms with Crippen molar-refractivity contribution in [3.8, 4) is 0 Å². The van der Waals surface area contributed by atoms with E-state index in [2.05, 4.69) is 5.32 Å². The summed E-state index contributed by atoms with van der Waals surface area (Å²) in [6.07, 6.45) is 0.296. The molecule has 1 atom stereocenters. The highest BCUT2D eigenvalue weighted by Crippen LogP contribution is 2.09. The molecule has 0 bridgehead atoms. The Morgan fingerprint density at radius 3 is 2.57 bits per heavy atom. The zero-order chi connectivity index (χ0) is 16.0. The lowest BCUT2D eigenvalue weighted by molar-refractivity contribution is -0.143. The molecule has 9 heteroatoms. The number of nitrogens with one attached hydrogen (secondary N) is 1. The van der Waals surface area contributed by atoms with Crippen molar-refractivity contribution >= 4 is 23.8 Å². The van der Waals surface area contributed by atoms with Crippen molar-refractivity contribution in [2.24, 2.45) is 0 Å². The largest absolute Gasteiger partial charge is 0.480 e. The Morgan fingerprint density at radius 1 is 1.43 bits per heavy atom. The van der Waals surface area contributed by atoms with E-state index in [4.69, 9.17) is 9.84 Å². The third-order valence-corrected chi connectivity index (χ3v) is 2.98. The quantitative estimate of drug-likeness (QED) is 0.548. The zero-order valence-electron chi connectivity index (χ0n) is 12.0. The second-order valence-electron chi connectivity index (χ2n) is 4.70. The second-order valence-corrected chi connectivity index (χ2v) is 4.70. The normalized spacial score (nSPS) is 16.3. The summed E-state index contributed by atoms with van der Waals surface area (Å²) in [5, 5.41) is 11.2. The van der Waals surface area contributed by atoms with E-state index in [0.29, 0.717) is 0 Å². The van der Waals surface area contributed by atoms with Crippen molar-refractivity contribution in [1.82, 2.24) is 15.1 Å². The number of hydrogen-bond acceptors (Lipinski definition) is 5. The number of carbonyl (C=O) groups excluding carboxylic acids is 3. The molecule has 9 nitrogen and oxygen atoms in total. The average molecular weight is 301 g/mol. The Labute approximate surface area is 121 Å². The first-order valence-electron chi connectivity index (χ1n) is 6.43. The lowest BCUT2D eigenvalue weighted by Crippen LogP contribution is -2.44. The number of carboxylic acid groups (broad SMARTS) is 1. The molecule has 0 saturated carbocycles. The summed E-state index contributed by atoms with van der Waals surface area (Å²) in [5.74, 6) is -1.95. The summed E-state index contributed by atoms with van der Waals surface area (Å²) in [7, 11) is 2.86. The molecule has 0 aromatic heterocycles. The lowest BCUT2D eigenvalue weighted by atomic mass is 10.2. The molecule has 0 radical (unpaired) electrons. The molecule has 0 aromatic carbocycles. The van der Waals surface area contributed by atoms with E-state index in [-0.39, 0.29) is 44.5 Å². The topological polar surface area (TPSA) is 116 Å². The van der Waals surface area contributed by atoms with E-state index >= 15 is 0 Å². The van der Waals surface area contributed by atoms with Crippen LogP contribution in [0.1, 0.15) is 12.8 Å². The van der Waals surface area contributed by atoms with Gasteiger partial charge in [0.15, 0.2) is 6.04 Å². The van der Waals surface area contributed by atoms with Gasteiger partial charge in [-0.3, -0.25) is 14.5 Å². The molecule has 21 heavy (non-hydrogen) atoms. The number of rotatable bonds is 8. The highest BCUT2D eigenvalue weighted by molar-refractivity contribution is 6.01. The van der Waals surface area contributed by atoms with Gasteiger partial charge in [-0.2, -0.15) is 0 Å². The molecule has 2 N–H and O–H groups in total. The summed E-state index contributed by atoms with van der Waals surface area (Å²) in [6.45, 7) is 0.0480. The number of aliphatic carboxylic acids is 1. The molecule has 0 aliphatic carbocycles. The van der Waals surface area contributed by atoms with Gasteiger partial charge >= 0.3 is 12.0 Å². The first-order chi connectivity index (χ1) is 9.86. The number of imide groups is 1. The van der Waals surface area contributed by atoms with E-state index < -0.39 is 17.9 Å². The molecule has 1 rings (SSSR count). The molecular weight excluding hydrogens is 282 g/mol. The SMILES string of the molecule is COCC(NC(=O)CCCN1C(=O)CN(C)C1=O)C(=O)O. The number of hydrogen-bond donors (Lipinski definition) is 2. The summed E-state index contributed by atoms with van der Waals surface area (Å²) in [6, 6.07) is -1.49. The summed E-state index contributed by atoms with van der Waals surface area (Å²) in [5.41, 5.74) is 0. The van der Waals surface area contributed by atoms with Crippen LogP contribution in [0.5, 0.6) is 0 Å². The number of likely N-dealkylation sites (N-methyl/N-ethyl adjacent to an activating group) is 1. The number of carbonyl (C=O) groups is 4. The highest BCUT2D eigenvalue weighted by atomic mass is 16.5. The van der Waals surface area contributed by atoms with Crippen LogP contribution < -0.4 is 5.32 Å². The number of nitrogens with zero attached hydrogens (tertiary/aromatic N) is 2. The standard InChI is InChI=1S/C12H19N3O6/c1-14-6-10(17)15(12(14)20)5-3-4-9(16)13-8(7-21-2)11(18)19/h8H,3-7H2,1-2H3,(H,13,16)(H,18,19). The Bertz CT molecular complexity index is 439. The minimum atomic E-state index is -1.18. The van der Waals surface area contributed by atoms with E-state index in [1.807, 2.05) is 0 Å². The van der Waals surface area contributed by atoms with Crippen LogP contribution >= 0.6 is 0 Å². The maximum absolute atomic E-state index is 11.6. The molecule has 1 aliphatic heterocycles. The smallest absolute Gasteiger partial charge is 0.328 e.